The predicted molar refractivity (Wildman–Crippen MR) is 119 cm³/mol. The summed E-state index contributed by atoms with van der Waals surface area (Å²) in [4.78, 5) is 50.8. The number of halogens is 1. The van der Waals surface area contributed by atoms with Crippen molar-refractivity contribution in [1.29, 1.82) is 0 Å². The lowest BCUT2D eigenvalue weighted by atomic mass is 10.1. The highest BCUT2D eigenvalue weighted by Crippen LogP contribution is 2.25. The highest BCUT2D eigenvalue weighted by Gasteiger charge is 2.38. The van der Waals surface area contributed by atoms with Gasteiger partial charge in [0, 0.05) is 17.0 Å². The zero-order valence-electron chi connectivity index (χ0n) is 17.8. The maximum absolute atomic E-state index is 14.2. The van der Waals surface area contributed by atoms with E-state index < -0.39 is 23.7 Å². The van der Waals surface area contributed by atoms with Crippen molar-refractivity contribution in [1.82, 2.24) is 9.99 Å². The Labute approximate surface area is 188 Å². The van der Waals surface area contributed by atoms with E-state index in [-0.39, 0.29) is 17.2 Å². The second-order valence-corrected chi connectivity index (χ2v) is 7.38. The topological polar surface area (TPSA) is 101 Å². The van der Waals surface area contributed by atoms with Gasteiger partial charge in [0.25, 0.3) is 17.7 Å². The monoisotopic (exact) mass is 446 g/mol. The van der Waals surface area contributed by atoms with Crippen molar-refractivity contribution in [3.63, 3.8) is 0 Å². The number of hydrogen-bond donors (Lipinski definition) is 2. The fourth-order valence-electron chi connectivity index (χ4n) is 3.53. The lowest BCUT2D eigenvalue weighted by Crippen LogP contribution is -2.54. The van der Waals surface area contributed by atoms with E-state index in [2.05, 4.69) is 10.7 Å². The lowest BCUT2D eigenvalue weighted by molar-refractivity contribution is -0.122. The fourth-order valence-corrected chi connectivity index (χ4v) is 3.53. The first-order valence-electron chi connectivity index (χ1n) is 9.99. The Morgan fingerprint density at radius 1 is 1.00 bits per heavy atom. The third-order valence-electron chi connectivity index (χ3n) is 5.21. The van der Waals surface area contributed by atoms with Crippen LogP contribution in [0.15, 0.2) is 66.2 Å². The Balaban J connectivity index is 1.68. The molecule has 1 aromatic heterocycles. The maximum atomic E-state index is 14.2. The Morgan fingerprint density at radius 3 is 2.36 bits per heavy atom. The van der Waals surface area contributed by atoms with Crippen molar-refractivity contribution < 1.29 is 23.6 Å². The van der Waals surface area contributed by atoms with Gasteiger partial charge in [-0.15, -0.1) is 0 Å². The number of barbiturate groups is 1. The first kappa shape index (κ1) is 21.7. The highest BCUT2D eigenvalue weighted by atomic mass is 19.1. The van der Waals surface area contributed by atoms with Crippen LogP contribution in [0, 0.1) is 19.7 Å². The van der Waals surface area contributed by atoms with Gasteiger partial charge in [0.1, 0.15) is 11.4 Å². The number of imide groups is 2. The van der Waals surface area contributed by atoms with Gasteiger partial charge >= 0.3 is 6.03 Å². The van der Waals surface area contributed by atoms with Crippen LogP contribution in [0.3, 0.4) is 0 Å². The van der Waals surface area contributed by atoms with Crippen LogP contribution in [-0.4, -0.2) is 28.4 Å². The van der Waals surface area contributed by atoms with Gasteiger partial charge in [0.2, 0.25) is 0 Å². The summed E-state index contributed by atoms with van der Waals surface area (Å²) in [6, 6.07) is 14.6. The van der Waals surface area contributed by atoms with Crippen LogP contribution in [0.1, 0.15) is 27.3 Å². The number of hydrogen-bond acceptors (Lipinski definition) is 4. The Hall–Kier alpha value is -4.53. The average molecular weight is 446 g/mol. The van der Waals surface area contributed by atoms with Gasteiger partial charge in [0.15, 0.2) is 0 Å². The Morgan fingerprint density at radius 2 is 1.67 bits per heavy atom. The molecule has 0 saturated carbocycles. The van der Waals surface area contributed by atoms with Crippen molar-refractivity contribution in [2.75, 3.05) is 10.3 Å². The van der Waals surface area contributed by atoms with Gasteiger partial charge in [-0.25, -0.2) is 14.1 Å². The lowest BCUT2D eigenvalue weighted by Gasteiger charge is -2.26. The molecule has 0 radical (unpaired) electrons. The van der Waals surface area contributed by atoms with E-state index in [9.17, 15) is 23.6 Å². The minimum Gasteiger partial charge on any atom is -0.273 e. The van der Waals surface area contributed by atoms with Crippen molar-refractivity contribution in [3.8, 4) is 0 Å². The van der Waals surface area contributed by atoms with Crippen molar-refractivity contribution >= 4 is 35.5 Å². The SMILES string of the molecule is Cc1cc(/C=C2\C(=O)NC(=O)N(c3ccccc3F)C2=O)c(C)n1NC(=O)c1ccccc1. The molecular formula is C24H19FN4O4. The van der Waals surface area contributed by atoms with Gasteiger partial charge in [-0.2, -0.15) is 0 Å². The van der Waals surface area contributed by atoms with E-state index in [0.717, 1.165) is 6.07 Å². The zero-order chi connectivity index (χ0) is 23.7. The summed E-state index contributed by atoms with van der Waals surface area (Å²) < 4.78 is 15.8. The zero-order valence-corrected chi connectivity index (χ0v) is 17.8. The molecular weight excluding hydrogens is 427 g/mol. The van der Waals surface area contributed by atoms with Crippen LogP contribution in [0.5, 0.6) is 0 Å². The van der Waals surface area contributed by atoms with Gasteiger partial charge in [-0.1, -0.05) is 30.3 Å². The summed E-state index contributed by atoms with van der Waals surface area (Å²) in [5.74, 6) is -2.96. The molecule has 9 heteroatoms. The van der Waals surface area contributed by atoms with Crippen molar-refractivity contribution in [2.24, 2.45) is 0 Å². The molecule has 1 saturated heterocycles. The number of carbonyl (C=O) groups excluding carboxylic acids is 4. The number of aryl methyl sites for hydroxylation is 1. The molecule has 33 heavy (non-hydrogen) atoms. The van der Waals surface area contributed by atoms with Crippen LogP contribution in [-0.2, 0) is 9.59 Å². The molecule has 4 rings (SSSR count). The summed E-state index contributed by atoms with van der Waals surface area (Å²) in [7, 11) is 0. The number of benzene rings is 2. The van der Waals surface area contributed by atoms with Crippen LogP contribution in [0.2, 0.25) is 0 Å². The third kappa shape index (κ3) is 4.03. The van der Waals surface area contributed by atoms with Gasteiger partial charge in [-0.3, -0.25) is 29.8 Å². The van der Waals surface area contributed by atoms with E-state index in [1.54, 1.807) is 50.2 Å². The molecule has 1 aliphatic heterocycles. The van der Waals surface area contributed by atoms with E-state index in [4.69, 9.17) is 0 Å². The minimum absolute atomic E-state index is 0.265. The van der Waals surface area contributed by atoms with Crippen LogP contribution >= 0.6 is 0 Å². The summed E-state index contributed by atoms with van der Waals surface area (Å²) in [5, 5.41) is 2.07. The van der Waals surface area contributed by atoms with E-state index in [1.807, 2.05) is 0 Å². The standard InChI is InChI=1S/C24H19FN4O4/c1-14-12-17(15(2)29(14)27-21(30)16-8-4-3-5-9-16)13-18-22(31)26-24(33)28(23(18)32)20-11-7-6-10-19(20)25/h3-13H,1-2H3,(H,27,30)(H,26,31,33)/b18-13+. The summed E-state index contributed by atoms with van der Waals surface area (Å²) in [6.07, 6.45) is 1.31. The quantitative estimate of drug-likeness (QED) is 0.474. The van der Waals surface area contributed by atoms with E-state index in [1.165, 1.54) is 29.0 Å². The van der Waals surface area contributed by atoms with E-state index in [0.29, 0.717) is 27.4 Å². The van der Waals surface area contributed by atoms with Crippen LogP contribution < -0.4 is 15.6 Å². The highest BCUT2D eigenvalue weighted by molar-refractivity contribution is 6.39. The molecule has 0 bridgehead atoms. The van der Waals surface area contributed by atoms with Crippen LogP contribution in [0.4, 0.5) is 14.9 Å². The maximum Gasteiger partial charge on any atom is 0.336 e. The smallest absolute Gasteiger partial charge is 0.273 e. The van der Waals surface area contributed by atoms with Crippen molar-refractivity contribution in [2.45, 2.75) is 13.8 Å². The van der Waals surface area contributed by atoms with Crippen molar-refractivity contribution in [3.05, 3.63) is 94.6 Å². The molecule has 166 valence electrons. The van der Waals surface area contributed by atoms with Gasteiger partial charge < -0.3 is 0 Å². The first-order valence-corrected chi connectivity index (χ1v) is 9.99. The fraction of sp³-hybridized carbons (Fsp3) is 0.0833. The van der Waals surface area contributed by atoms with Gasteiger partial charge in [-0.05, 0) is 55.8 Å². The average Bonchev–Trinajstić information content (AvgIpc) is 3.05. The number of nitrogens with one attached hydrogen (secondary N) is 2. The molecule has 0 atom stereocenters. The first-order chi connectivity index (χ1) is 15.8. The normalized spacial score (nSPS) is 15.1. The second kappa shape index (κ2) is 8.54. The predicted octanol–water partition coefficient (Wildman–Crippen LogP) is 3.29. The molecule has 2 N–H and O–H groups in total. The molecule has 3 aromatic rings. The molecule has 1 aliphatic rings. The summed E-state index contributed by atoms with van der Waals surface area (Å²) in [5.41, 5.74) is 4.31. The molecule has 0 spiro atoms. The summed E-state index contributed by atoms with van der Waals surface area (Å²) >= 11 is 0. The molecule has 2 aromatic carbocycles. The van der Waals surface area contributed by atoms with Gasteiger partial charge in [0.05, 0.1) is 5.69 Å². The number of para-hydroxylation sites is 1. The Kier molecular flexibility index (Phi) is 5.61. The molecule has 8 nitrogen and oxygen atoms in total. The van der Waals surface area contributed by atoms with Crippen LogP contribution in [0.25, 0.3) is 6.08 Å². The number of aromatic nitrogens is 1. The third-order valence-corrected chi connectivity index (χ3v) is 5.21. The molecule has 5 amide bonds. The number of anilines is 1. The number of amides is 5. The largest absolute Gasteiger partial charge is 0.336 e. The number of urea groups is 1. The molecule has 2 heterocycles. The summed E-state index contributed by atoms with van der Waals surface area (Å²) in [6.45, 7) is 3.45. The van der Waals surface area contributed by atoms with E-state index >= 15 is 0 Å². The minimum atomic E-state index is -1.03. The number of carbonyl (C=O) groups is 4. The molecule has 0 aliphatic carbocycles. The second-order valence-electron chi connectivity index (χ2n) is 7.38. The number of nitrogens with zero attached hydrogens (tertiary/aromatic N) is 2. The molecule has 1 fully saturated rings. The Bertz CT molecular complexity index is 1330. The molecule has 0 unspecified atom stereocenters. The number of rotatable bonds is 4.